The van der Waals surface area contributed by atoms with Gasteiger partial charge in [-0.25, -0.2) is 0 Å². The molecule has 1 aliphatic rings. The van der Waals surface area contributed by atoms with Crippen LogP contribution in [-0.4, -0.2) is 41.8 Å². The van der Waals surface area contributed by atoms with Gasteiger partial charge in [-0.2, -0.15) is 0 Å². The van der Waals surface area contributed by atoms with Gasteiger partial charge < -0.3 is 14.7 Å². The molecule has 3 atom stereocenters. The number of ether oxygens (including phenoxy) is 1. The minimum Gasteiger partial charge on any atom is -0.390 e. The summed E-state index contributed by atoms with van der Waals surface area (Å²) in [5.41, 5.74) is 1.15. The summed E-state index contributed by atoms with van der Waals surface area (Å²) in [4.78, 5) is 15.0. The third kappa shape index (κ3) is 5.05. The molecule has 1 amide bonds. The normalized spacial score (nSPS) is 24.7. The molecule has 128 valence electrons. The summed E-state index contributed by atoms with van der Waals surface area (Å²) in [6.07, 6.45) is 1.31. The molecule has 1 aliphatic carbocycles. The Morgan fingerprint density at radius 2 is 2.00 bits per heavy atom. The predicted molar refractivity (Wildman–Crippen MR) is 90.8 cm³/mol. The molecule has 0 spiro atoms. The minimum absolute atomic E-state index is 0.0502. The Hall–Kier alpha value is -1.39. The lowest BCUT2D eigenvalue weighted by molar-refractivity contribution is -0.142. The van der Waals surface area contributed by atoms with Crippen molar-refractivity contribution in [3.63, 3.8) is 0 Å². The van der Waals surface area contributed by atoms with Crippen molar-refractivity contribution < 1.29 is 14.6 Å². The van der Waals surface area contributed by atoms with Gasteiger partial charge in [-0.15, -0.1) is 0 Å². The summed E-state index contributed by atoms with van der Waals surface area (Å²) >= 11 is 0. The predicted octanol–water partition coefficient (Wildman–Crippen LogP) is 2.85. The Balaban J connectivity index is 2.07. The van der Waals surface area contributed by atoms with Gasteiger partial charge in [0.15, 0.2) is 0 Å². The van der Waals surface area contributed by atoms with E-state index in [0.29, 0.717) is 25.3 Å². The van der Waals surface area contributed by atoms with Crippen molar-refractivity contribution in [1.29, 1.82) is 0 Å². The molecule has 0 radical (unpaired) electrons. The first kappa shape index (κ1) is 18.0. The fourth-order valence-corrected chi connectivity index (χ4v) is 3.33. The smallest absolute Gasteiger partial charge is 0.226 e. The van der Waals surface area contributed by atoms with Crippen molar-refractivity contribution in [2.75, 3.05) is 13.7 Å². The highest BCUT2D eigenvalue weighted by molar-refractivity contribution is 5.79. The number of carbonyl (C=O) groups excluding carboxylic acids is 1. The van der Waals surface area contributed by atoms with Crippen molar-refractivity contribution in [3.05, 3.63) is 35.9 Å². The van der Waals surface area contributed by atoms with Gasteiger partial charge in [0.05, 0.1) is 12.2 Å². The molecule has 2 rings (SSSR count). The van der Waals surface area contributed by atoms with E-state index in [0.717, 1.165) is 18.5 Å². The molecular formula is C19H29NO3. The van der Waals surface area contributed by atoms with Crippen LogP contribution in [0.3, 0.4) is 0 Å². The van der Waals surface area contributed by atoms with Crippen molar-refractivity contribution in [2.24, 2.45) is 11.8 Å². The number of methoxy groups -OCH3 is 1. The lowest BCUT2D eigenvalue weighted by Crippen LogP contribution is -2.44. The van der Waals surface area contributed by atoms with Crippen LogP contribution >= 0.6 is 0 Å². The van der Waals surface area contributed by atoms with Gasteiger partial charge in [0.1, 0.15) is 0 Å². The number of hydrogen-bond acceptors (Lipinski definition) is 3. The van der Waals surface area contributed by atoms with Crippen LogP contribution < -0.4 is 0 Å². The molecule has 4 nitrogen and oxygen atoms in total. The fraction of sp³-hybridized carbons (Fsp3) is 0.632. The summed E-state index contributed by atoms with van der Waals surface area (Å²) in [6, 6.07) is 10.1. The van der Waals surface area contributed by atoms with Gasteiger partial charge in [-0.3, -0.25) is 4.79 Å². The Kier molecular flexibility index (Phi) is 6.60. The Morgan fingerprint density at radius 3 is 2.61 bits per heavy atom. The molecule has 1 fully saturated rings. The molecule has 0 bridgehead atoms. The fourth-order valence-electron chi connectivity index (χ4n) is 3.33. The first-order valence-corrected chi connectivity index (χ1v) is 8.54. The van der Waals surface area contributed by atoms with Gasteiger partial charge in [0.2, 0.25) is 5.91 Å². The quantitative estimate of drug-likeness (QED) is 0.877. The zero-order chi connectivity index (χ0) is 16.8. The summed E-state index contributed by atoms with van der Waals surface area (Å²) in [5, 5.41) is 9.94. The summed E-state index contributed by atoms with van der Waals surface area (Å²) in [6.45, 7) is 5.67. The molecule has 1 saturated carbocycles. The summed E-state index contributed by atoms with van der Waals surface area (Å²) in [5.74, 6) is 0.567. The SMILES string of the molecule is CO[C@@H]1C[C@H](C(=O)N(Cc2ccccc2)CC(C)C)CC[C@@H]1O. The van der Waals surface area contributed by atoms with E-state index in [1.165, 1.54) is 0 Å². The molecule has 0 aromatic heterocycles. The Labute approximate surface area is 139 Å². The maximum Gasteiger partial charge on any atom is 0.226 e. The van der Waals surface area contributed by atoms with Crippen LogP contribution in [0.2, 0.25) is 0 Å². The number of benzene rings is 1. The second kappa shape index (κ2) is 8.46. The molecule has 0 aliphatic heterocycles. The van der Waals surface area contributed by atoms with E-state index in [2.05, 4.69) is 26.0 Å². The second-order valence-electron chi connectivity index (χ2n) is 6.95. The van der Waals surface area contributed by atoms with Crippen LogP contribution in [0.4, 0.5) is 0 Å². The first-order chi connectivity index (χ1) is 11.0. The molecule has 1 aromatic rings. The molecule has 0 heterocycles. The lowest BCUT2D eigenvalue weighted by Gasteiger charge is -2.35. The first-order valence-electron chi connectivity index (χ1n) is 8.54. The number of carbonyl (C=O) groups is 1. The largest absolute Gasteiger partial charge is 0.390 e. The maximum absolute atomic E-state index is 13.0. The molecule has 1 N–H and O–H groups in total. The topological polar surface area (TPSA) is 49.8 Å². The van der Waals surface area contributed by atoms with Crippen LogP contribution in [0.25, 0.3) is 0 Å². The zero-order valence-electron chi connectivity index (χ0n) is 14.4. The standard InChI is InChI=1S/C19H29NO3/c1-14(2)12-20(13-15-7-5-4-6-8-15)19(22)16-9-10-17(21)18(11-16)23-3/h4-8,14,16-18,21H,9-13H2,1-3H3/t16-,17+,18-/m1/s1. The van der Waals surface area contributed by atoms with Crippen LogP contribution in [-0.2, 0) is 16.1 Å². The Bertz CT molecular complexity index is 489. The van der Waals surface area contributed by atoms with Crippen molar-refractivity contribution in [2.45, 2.75) is 51.9 Å². The van der Waals surface area contributed by atoms with E-state index in [-0.39, 0.29) is 17.9 Å². The van der Waals surface area contributed by atoms with Gasteiger partial charge >= 0.3 is 0 Å². The van der Waals surface area contributed by atoms with E-state index >= 15 is 0 Å². The summed E-state index contributed by atoms with van der Waals surface area (Å²) in [7, 11) is 1.61. The van der Waals surface area contributed by atoms with Gasteiger partial charge in [0, 0.05) is 26.1 Å². The van der Waals surface area contributed by atoms with E-state index in [1.54, 1.807) is 7.11 Å². The number of nitrogens with zero attached hydrogens (tertiary/aromatic N) is 1. The number of amides is 1. The van der Waals surface area contributed by atoms with Crippen molar-refractivity contribution >= 4 is 5.91 Å². The highest BCUT2D eigenvalue weighted by Crippen LogP contribution is 2.28. The number of aliphatic hydroxyl groups excluding tert-OH is 1. The lowest BCUT2D eigenvalue weighted by atomic mass is 9.84. The van der Waals surface area contributed by atoms with Gasteiger partial charge in [-0.1, -0.05) is 44.2 Å². The molecule has 4 heteroatoms. The van der Waals surface area contributed by atoms with Crippen LogP contribution in [0, 0.1) is 11.8 Å². The van der Waals surface area contributed by atoms with E-state index in [4.69, 9.17) is 4.74 Å². The zero-order valence-corrected chi connectivity index (χ0v) is 14.4. The highest BCUT2D eigenvalue weighted by atomic mass is 16.5. The molecule has 1 aromatic carbocycles. The number of aliphatic hydroxyl groups is 1. The molecule has 23 heavy (non-hydrogen) atoms. The van der Waals surface area contributed by atoms with Gasteiger partial charge in [0.25, 0.3) is 0 Å². The highest BCUT2D eigenvalue weighted by Gasteiger charge is 2.35. The van der Waals surface area contributed by atoms with Gasteiger partial charge in [-0.05, 0) is 30.7 Å². The number of hydrogen-bond donors (Lipinski definition) is 1. The van der Waals surface area contributed by atoms with E-state index < -0.39 is 6.10 Å². The van der Waals surface area contributed by atoms with Crippen molar-refractivity contribution in [3.8, 4) is 0 Å². The third-order valence-corrected chi connectivity index (χ3v) is 4.52. The van der Waals surface area contributed by atoms with E-state index in [9.17, 15) is 9.90 Å². The number of rotatable bonds is 6. The Morgan fingerprint density at radius 1 is 1.30 bits per heavy atom. The average molecular weight is 319 g/mol. The van der Waals surface area contributed by atoms with E-state index in [1.807, 2.05) is 23.1 Å². The maximum atomic E-state index is 13.0. The summed E-state index contributed by atoms with van der Waals surface area (Å²) < 4.78 is 5.34. The van der Waals surface area contributed by atoms with Crippen LogP contribution in [0.1, 0.15) is 38.7 Å². The third-order valence-electron chi connectivity index (χ3n) is 4.52. The molecular weight excluding hydrogens is 290 g/mol. The minimum atomic E-state index is -0.447. The van der Waals surface area contributed by atoms with Crippen LogP contribution in [0.5, 0.6) is 0 Å². The van der Waals surface area contributed by atoms with Crippen LogP contribution in [0.15, 0.2) is 30.3 Å². The second-order valence-corrected chi connectivity index (χ2v) is 6.95. The molecule has 0 saturated heterocycles. The average Bonchev–Trinajstić information content (AvgIpc) is 2.54. The van der Waals surface area contributed by atoms with Crippen molar-refractivity contribution in [1.82, 2.24) is 4.90 Å². The molecule has 0 unspecified atom stereocenters. The monoisotopic (exact) mass is 319 g/mol.